The van der Waals surface area contributed by atoms with Crippen LogP contribution in [0.4, 0.5) is 0 Å². The van der Waals surface area contributed by atoms with E-state index in [1.54, 1.807) is 7.11 Å². The molecule has 0 aromatic heterocycles. The van der Waals surface area contributed by atoms with Gasteiger partial charge in [0, 0.05) is 50.5 Å². The normalized spacial score (nSPS) is 22.4. The Morgan fingerprint density at radius 3 is 2.57 bits per heavy atom. The second-order valence-corrected chi connectivity index (χ2v) is 8.21. The second kappa shape index (κ2) is 8.20. The molecule has 7 nitrogen and oxygen atoms in total. The van der Waals surface area contributed by atoms with Crippen molar-refractivity contribution in [3.8, 4) is 5.75 Å². The lowest BCUT2D eigenvalue weighted by Gasteiger charge is -2.33. The van der Waals surface area contributed by atoms with Gasteiger partial charge in [-0.15, -0.1) is 0 Å². The summed E-state index contributed by atoms with van der Waals surface area (Å²) < 4.78 is 5.24. The Kier molecular flexibility index (Phi) is 5.91. The van der Waals surface area contributed by atoms with Crippen LogP contribution in [0.5, 0.6) is 5.75 Å². The Morgan fingerprint density at radius 2 is 1.93 bits per heavy atom. The highest BCUT2D eigenvalue weighted by Gasteiger charge is 2.44. The summed E-state index contributed by atoms with van der Waals surface area (Å²) in [5, 5.41) is 2.89. The molecule has 1 spiro atoms. The quantitative estimate of drug-likeness (QED) is 0.838. The molecule has 3 amide bonds. The molecular weight excluding hydrogens is 358 g/mol. The van der Waals surface area contributed by atoms with E-state index in [2.05, 4.69) is 5.32 Å². The third kappa shape index (κ3) is 4.46. The highest BCUT2D eigenvalue weighted by Crippen LogP contribution is 2.31. The molecule has 1 unspecified atom stereocenters. The lowest BCUT2D eigenvalue weighted by molar-refractivity contribution is -0.136. The van der Waals surface area contributed by atoms with Gasteiger partial charge in [-0.2, -0.15) is 0 Å². The van der Waals surface area contributed by atoms with E-state index < -0.39 is 5.41 Å². The molecule has 0 aliphatic carbocycles. The van der Waals surface area contributed by atoms with Crippen LogP contribution in [-0.2, 0) is 20.8 Å². The molecule has 7 heteroatoms. The maximum absolute atomic E-state index is 13.0. The molecule has 2 saturated heterocycles. The van der Waals surface area contributed by atoms with Gasteiger partial charge in [-0.3, -0.25) is 14.4 Å². The Hall–Kier alpha value is -2.57. The lowest BCUT2D eigenvalue weighted by atomic mass is 9.85. The molecule has 2 heterocycles. The number of hydrogen-bond acceptors (Lipinski definition) is 4. The van der Waals surface area contributed by atoms with E-state index in [1.165, 1.54) is 0 Å². The molecule has 2 aliphatic heterocycles. The lowest BCUT2D eigenvalue weighted by Crippen LogP contribution is -2.46. The molecule has 1 N–H and O–H groups in total. The van der Waals surface area contributed by atoms with Crippen molar-refractivity contribution in [3.63, 3.8) is 0 Å². The average Bonchev–Trinajstić information content (AvgIpc) is 2.92. The Labute approximate surface area is 166 Å². The molecule has 28 heavy (non-hydrogen) atoms. The number of hydrogen-bond donors (Lipinski definition) is 1. The van der Waals surface area contributed by atoms with Crippen molar-refractivity contribution in [2.75, 3.05) is 39.8 Å². The summed E-state index contributed by atoms with van der Waals surface area (Å²) in [6, 6.07) is 7.48. The average molecular weight is 387 g/mol. The highest BCUT2D eigenvalue weighted by atomic mass is 16.5. The van der Waals surface area contributed by atoms with Crippen LogP contribution in [0.1, 0.15) is 25.8 Å². The van der Waals surface area contributed by atoms with Gasteiger partial charge in [-0.1, -0.05) is 26.0 Å². The number of rotatable bonds is 4. The summed E-state index contributed by atoms with van der Waals surface area (Å²) in [5.74, 6) is 0.670. The van der Waals surface area contributed by atoms with Gasteiger partial charge in [0.25, 0.3) is 0 Å². The predicted molar refractivity (Wildman–Crippen MR) is 105 cm³/mol. The summed E-state index contributed by atoms with van der Waals surface area (Å²) >= 11 is 0. The number of carbonyl (C=O) groups excluding carboxylic acids is 3. The molecule has 2 fully saturated rings. The standard InChI is InChI=1S/C21H29N3O4/c1-15(2)20(27)24-8-7-23(13-21(14-24)11-18(25)22-12-21)19(26)10-16-5-4-6-17(9-16)28-3/h4-6,9,15H,7-8,10-14H2,1-3H3,(H,22,25). The van der Waals surface area contributed by atoms with Crippen molar-refractivity contribution < 1.29 is 19.1 Å². The first-order valence-electron chi connectivity index (χ1n) is 9.78. The smallest absolute Gasteiger partial charge is 0.227 e. The summed E-state index contributed by atoms with van der Waals surface area (Å²) in [6.07, 6.45) is 0.616. The van der Waals surface area contributed by atoms with Crippen molar-refractivity contribution in [1.29, 1.82) is 0 Å². The molecule has 0 bridgehead atoms. The van der Waals surface area contributed by atoms with E-state index in [0.717, 1.165) is 11.3 Å². The van der Waals surface area contributed by atoms with E-state index in [9.17, 15) is 14.4 Å². The van der Waals surface area contributed by atoms with Crippen molar-refractivity contribution in [2.45, 2.75) is 26.7 Å². The fourth-order valence-electron chi connectivity index (χ4n) is 4.07. The van der Waals surface area contributed by atoms with Gasteiger partial charge in [0.1, 0.15) is 5.75 Å². The van der Waals surface area contributed by atoms with E-state index in [-0.39, 0.29) is 30.1 Å². The molecule has 3 rings (SSSR count). The SMILES string of the molecule is COc1cccc(CC(=O)N2CCN(C(=O)C(C)C)CC3(CNC(=O)C3)C2)c1. The molecule has 2 aliphatic rings. The van der Waals surface area contributed by atoms with Gasteiger partial charge < -0.3 is 19.9 Å². The van der Waals surface area contributed by atoms with Gasteiger partial charge in [-0.25, -0.2) is 0 Å². The molecule has 152 valence electrons. The number of ether oxygens (including phenoxy) is 1. The Bertz CT molecular complexity index is 764. The summed E-state index contributed by atoms with van der Waals surface area (Å²) in [6.45, 7) is 6.22. The van der Waals surface area contributed by atoms with Gasteiger partial charge in [-0.05, 0) is 17.7 Å². The van der Waals surface area contributed by atoms with Crippen molar-refractivity contribution in [2.24, 2.45) is 11.3 Å². The molecule has 1 atom stereocenters. The number of benzene rings is 1. The van der Waals surface area contributed by atoms with Crippen LogP contribution < -0.4 is 10.1 Å². The predicted octanol–water partition coefficient (Wildman–Crippen LogP) is 1.07. The minimum absolute atomic E-state index is 0.00539. The molecular formula is C21H29N3O4. The van der Waals surface area contributed by atoms with E-state index in [1.807, 2.05) is 47.9 Å². The minimum Gasteiger partial charge on any atom is -0.497 e. The Morgan fingerprint density at radius 1 is 1.21 bits per heavy atom. The van der Waals surface area contributed by atoms with Crippen LogP contribution >= 0.6 is 0 Å². The first-order valence-corrected chi connectivity index (χ1v) is 9.78. The zero-order valence-corrected chi connectivity index (χ0v) is 16.9. The topological polar surface area (TPSA) is 79.0 Å². The first-order chi connectivity index (χ1) is 13.3. The van der Waals surface area contributed by atoms with Crippen molar-refractivity contribution in [1.82, 2.24) is 15.1 Å². The fourth-order valence-corrected chi connectivity index (χ4v) is 4.07. The molecule has 0 radical (unpaired) electrons. The van der Waals surface area contributed by atoms with Crippen LogP contribution in [0.15, 0.2) is 24.3 Å². The summed E-state index contributed by atoms with van der Waals surface area (Å²) in [4.78, 5) is 41.2. The van der Waals surface area contributed by atoms with Crippen LogP contribution in [0, 0.1) is 11.3 Å². The number of methoxy groups -OCH3 is 1. The summed E-state index contributed by atoms with van der Waals surface area (Å²) in [5.41, 5.74) is 0.473. The van der Waals surface area contributed by atoms with Gasteiger partial charge >= 0.3 is 0 Å². The van der Waals surface area contributed by atoms with Gasteiger partial charge in [0.05, 0.1) is 13.5 Å². The number of carbonyl (C=O) groups is 3. The van der Waals surface area contributed by atoms with E-state index in [0.29, 0.717) is 39.1 Å². The first kappa shape index (κ1) is 20.2. The molecule has 0 saturated carbocycles. The van der Waals surface area contributed by atoms with Crippen molar-refractivity contribution in [3.05, 3.63) is 29.8 Å². The van der Waals surface area contributed by atoms with Crippen LogP contribution in [0.2, 0.25) is 0 Å². The van der Waals surface area contributed by atoms with Crippen LogP contribution in [0.25, 0.3) is 0 Å². The number of nitrogens with zero attached hydrogens (tertiary/aromatic N) is 2. The van der Waals surface area contributed by atoms with Crippen LogP contribution in [0.3, 0.4) is 0 Å². The molecule has 1 aromatic rings. The highest BCUT2D eigenvalue weighted by molar-refractivity contribution is 5.82. The number of nitrogens with one attached hydrogen (secondary N) is 1. The third-order valence-corrected chi connectivity index (χ3v) is 5.54. The minimum atomic E-state index is -0.415. The maximum Gasteiger partial charge on any atom is 0.227 e. The number of amides is 3. The third-order valence-electron chi connectivity index (χ3n) is 5.54. The Balaban J connectivity index is 1.78. The second-order valence-electron chi connectivity index (χ2n) is 8.21. The fraction of sp³-hybridized carbons (Fsp3) is 0.571. The monoisotopic (exact) mass is 387 g/mol. The van der Waals surface area contributed by atoms with Crippen LogP contribution in [-0.4, -0.2) is 67.4 Å². The maximum atomic E-state index is 13.0. The van der Waals surface area contributed by atoms with Gasteiger partial charge in [0.15, 0.2) is 0 Å². The van der Waals surface area contributed by atoms with E-state index in [4.69, 9.17) is 4.74 Å². The zero-order valence-electron chi connectivity index (χ0n) is 16.9. The largest absolute Gasteiger partial charge is 0.497 e. The van der Waals surface area contributed by atoms with E-state index >= 15 is 0 Å². The molecule has 1 aromatic carbocycles. The van der Waals surface area contributed by atoms with Gasteiger partial charge in [0.2, 0.25) is 17.7 Å². The van der Waals surface area contributed by atoms with Crippen molar-refractivity contribution >= 4 is 17.7 Å². The zero-order chi connectivity index (χ0) is 20.3. The summed E-state index contributed by atoms with van der Waals surface area (Å²) in [7, 11) is 1.60.